The first kappa shape index (κ1) is 17.9. The van der Waals surface area contributed by atoms with Crippen LogP contribution in [0.3, 0.4) is 0 Å². The summed E-state index contributed by atoms with van der Waals surface area (Å²) in [5.74, 6) is 0.616. The quantitative estimate of drug-likeness (QED) is 0.783. The summed E-state index contributed by atoms with van der Waals surface area (Å²) >= 11 is 9.60. The Morgan fingerprint density at radius 2 is 2.04 bits per heavy atom. The van der Waals surface area contributed by atoms with Gasteiger partial charge in [-0.15, -0.1) is 0 Å². The van der Waals surface area contributed by atoms with E-state index >= 15 is 0 Å². The van der Waals surface area contributed by atoms with E-state index in [2.05, 4.69) is 26.2 Å². The van der Waals surface area contributed by atoms with E-state index in [1.54, 1.807) is 6.07 Å². The molecule has 2 aromatic rings. The Morgan fingerprint density at radius 1 is 1.29 bits per heavy atom. The lowest BCUT2D eigenvalue weighted by Crippen LogP contribution is -2.42. The first-order chi connectivity index (χ1) is 11.5. The highest BCUT2D eigenvalue weighted by Gasteiger charge is 2.23. The molecule has 1 aliphatic rings. The van der Waals surface area contributed by atoms with E-state index in [0.717, 1.165) is 9.86 Å². The van der Waals surface area contributed by atoms with Crippen LogP contribution in [0.4, 0.5) is 5.82 Å². The fraction of sp³-hybridized carbons (Fsp3) is 0.400. The van der Waals surface area contributed by atoms with E-state index in [0.29, 0.717) is 42.7 Å². The molecule has 3 rings (SSSR count). The molecule has 0 saturated carbocycles. The second-order valence-electron chi connectivity index (χ2n) is 5.41. The second-order valence-corrected chi connectivity index (χ2v) is 8.82. The third-order valence-electron chi connectivity index (χ3n) is 3.74. The van der Waals surface area contributed by atoms with Gasteiger partial charge in [0.15, 0.2) is 0 Å². The van der Waals surface area contributed by atoms with Crippen LogP contribution < -0.4 is 5.32 Å². The number of sulfonamides is 1. The van der Waals surface area contributed by atoms with Crippen LogP contribution in [0.2, 0.25) is 5.02 Å². The third-order valence-corrected chi connectivity index (χ3v) is 6.36. The van der Waals surface area contributed by atoms with E-state index in [-0.39, 0.29) is 12.3 Å². The molecule has 130 valence electrons. The van der Waals surface area contributed by atoms with E-state index < -0.39 is 10.0 Å². The van der Waals surface area contributed by atoms with Crippen LogP contribution in [0, 0.1) is 0 Å². The molecule has 1 aliphatic heterocycles. The van der Waals surface area contributed by atoms with Crippen molar-refractivity contribution in [1.29, 1.82) is 0 Å². The van der Waals surface area contributed by atoms with Crippen molar-refractivity contribution in [3.05, 3.63) is 33.8 Å². The minimum atomic E-state index is -3.28. The Kier molecular flexibility index (Phi) is 5.61. The molecule has 0 unspecified atom stereocenters. The number of hydrogen-bond acceptors (Lipinski definition) is 5. The van der Waals surface area contributed by atoms with Crippen molar-refractivity contribution in [2.45, 2.75) is 0 Å². The lowest BCUT2D eigenvalue weighted by Gasteiger charge is -2.26. The molecular weight excluding hydrogens is 418 g/mol. The molecule has 0 atom stereocenters. The molecule has 9 heteroatoms. The number of ether oxygens (including phenoxy) is 1. The minimum Gasteiger partial charge on any atom is -0.379 e. The lowest BCUT2D eigenvalue weighted by molar-refractivity contribution is 0.0731. The SMILES string of the molecule is O=S(=O)(CCNc1ccc2cc(Br)cc(Cl)c2n1)N1CCOCC1. The molecule has 1 aromatic heterocycles. The largest absolute Gasteiger partial charge is 0.379 e. The van der Waals surface area contributed by atoms with Crippen LogP contribution in [0.15, 0.2) is 28.7 Å². The number of anilines is 1. The number of fused-ring (bicyclic) bond motifs is 1. The smallest absolute Gasteiger partial charge is 0.215 e. The number of nitrogens with zero attached hydrogens (tertiary/aromatic N) is 2. The van der Waals surface area contributed by atoms with Gasteiger partial charge < -0.3 is 10.1 Å². The molecule has 1 aromatic carbocycles. The highest BCUT2D eigenvalue weighted by atomic mass is 79.9. The molecule has 1 N–H and O–H groups in total. The van der Waals surface area contributed by atoms with Crippen molar-refractivity contribution in [2.75, 3.05) is 43.9 Å². The van der Waals surface area contributed by atoms with Gasteiger partial charge in [0.25, 0.3) is 0 Å². The lowest BCUT2D eigenvalue weighted by atomic mass is 10.2. The molecule has 24 heavy (non-hydrogen) atoms. The average Bonchev–Trinajstić information content (AvgIpc) is 2.56. The number of morpholine rings is 1. The fourth-order valence-electron chi connectivity index (χ4n) is 2.52. The first-order valence-corrected chi connectivity index (χ1v) is 10.3. The number of hydrogen-bond donors (Lipinski definition) is 1. The topological polar surface area (TPSA) is 71.5 Å². The zero-order valence-corrected chi connectivity index (χ0v) is 16.0. The van der Waals surface area contributed by atoms with Crippen LogP contribution in [0.5, 0.6) is 0 Å². The van der Waals surface area contributed by atoms with Gasteiger partial charge in [-0.3, -0.25) is 0 Å². The predicted molar refractivity (Wildman–Crippen MR) is 99.1 cm³/mol. The summed E-state index contributed by atoms with van der Waals surface area (Å²) in [7, 11) is -3.28. The predicted octanol–water partition coefficient (Wildman–Crippen LogP) is 2.72. The number of nitrogens with one attached hydrogen (secondary N) is 1. The number of aromatic nitrogens is 1. The van der Waals surface area contributed by atoms with Crippen LogP contribution in [-0.2, 0) is 14.8 Å². The molecule has 0 bridgehead atoms. The molecule has 0 amide bonds. The molecule has 0 spiro atoms. The summed E-state index contributed by atoms with van der Waals surface area (Å²) in [6.45, 7) is 2.02. The van der Waals surface area contributed by atoms with Crippen molar-refractivity contribution < 1.29 is 13.2 Å². The van der Waals surface area contributed by atoms with Crippen molar-refractivity contribution in [3.8, 4) is 0 Å². The Labute approximate surface area is 154 Å². The standard InChI is InChI=1S/C15H17BrClN3O3S/c16-12-9-11-1-2-14(19-15(11)13(17)10-12)18-3-8-24(21,22)20-4-6-23-7-5-20/h1-2,9-10H,3-8H2,(H,18,19). The molecule has 1 fully saturated rings. The number of benzene rings is 1. The molecular formula is C15H17BrClN3O3S. The van der Waals surface area contributed by atoms with Gasteiger partial charge in [0, 0.05) is 29.5 Å². The molecule has 6 nitrogen and oxygen atoms in total. The van der Waals surface area contributed by atoms with Crippen LogP contribution in [-0.4, -0.2) is 56.3 Å². The summed E-state index contributed by atoms with van der Waals surface area (Å²) in [5.41, 5.74) is 0.681. The van der Waals surface area contributed by atoms with Crippen molar-refractivity contribution in [3.63, 3.8) is 0 Å². The molecule has 0 radical (unpaired) electrons. The second kappa shape index (κ2) is 7.53. The highest BCUT2D eigenvalue weighted by molar-refractivity contribution is 9.10. The molecule has 0 aliphatic carbocycles. The van der Waals surface area contributed by atoms with Crippen LogP contribution in [0.1, 0.15) is 0 Å². The first-order valence-electron chi connectivity index (χ1n) is 7.51. The maximum Gasteiger partial charge on any atom is 0.215 e. The van der Waals surface area contributed by atoms with E-state index in [1.165, 1.54) is 4.31 Å². The monoisotopic (exact) mass is 433 g/mol. The highest BCUT2D eigenvalue weighted by Crippen LogP contribution is 2.27. The maximum absolute atomic E-state index is 12.3. The van der Waals surface area contributed by atoms with Crippen molar-refractivity contribution in [1.82, 2.24) is 9.29 Å². The Morgan fingerprint density at radius 3 is 2.79 bits per heavy atom. The van der Waals surface area contributed by atoms with E-state index in [1.807, 2.05) is 18.2 Å². The van der Waals surface area contributed by atoms with Gasteiger partial charge in [-0.2, -0.15) is 4.31 Å². The zero-order chi connectivity index (χ0) is 17.2. The Hall–Kier alpha value is -0.930. The van der Waals surface area contributed by atoms with Gasteiger partial charge in [0.1, 0.15) is 5.82 Å². The van der Waals surface area contributed by atoms with Crippen molar-refractivity contribution in [2.24, 2.45) is 0 Å². The van der Waals surface area contributed by atoms with E-state index in [9.17, 15) is 8.42 Å². The summed E-state index contributed by atoms with van der Waals surface area (Å²) < 4.78 is 32.1. The summed E-state index contributed by atoms with van der Waals surface area (Å²) in [6, 6.07) is 7.43. The van der Waals surface area contributed by atoms with E-state index in [4.69, 9.17) is 16.3 Å². The fourth-order valence-corrected chi connectivity index (χ4v) is 4.72. The van der Waals surface area contributed by atoms with Gasteiger partial charge in [-0.25, -0.2) is 13.4 Å². The number of halogens is 2. The zero-order valence-electron chi connectivity index (χ0n) is 12.8. The van der Waals surface area contributed by atoms with Gasteiger partial charge in [0.05, 0.1) is 29.5 Å². The number of rotatable bonds is 5. The van der Waals surface area contributed by atoms with Gasteiger partial charge in [-0.1, -0.05) is 27.5 Å². The normalized spacial score (nSPS) is 16.4. The van der Waals surface area contributed by atoms with Gasteiger partial charge in [-0.05, 0) is 24.3 Å². The molecule has 1 saturated heterocycles. The summed E-state index contributed by atoms with van der Waals surface area (Å²) in [5, 5.41) is 4.52. The molecule has 2 heterocycles. The minimum absolute atomic E-state index is 0.0147. The maximum atomic E-state index is 12.3. The summed E-state index contributed by atoms with van der Waals surface area (Å²) in [4.78, 5) is 4.46. The van der Waals surface area contributed by atoms with Crippen LogP contribution in [0.25, 0.3) is 10.9 Å². The Balaban J connectivity index is 1.65. The van der Waals surface area contributed by atoms with Gasteiger partial charge >= 0.3 is 0 Å². The Bertz CT molecular complexity index is 841. The van der Waals surface area contributed by atoms with Crippen molar-refractivity contribution >= 4 is 54.3 Å². The average molecular weight is 435 g/mol. The number of pyridine rings is 1. The van der Waals surface area contributed by atoms with Gasteiger partial charge in [0.2, 0.25) is 10.0 Å². The third kappa shape index (κ3) is 4.18. The van der Waals surface area contributed by atoms with Crippen LogP contribution >= 0.6 is 27.5 Å². The summed E-state index contributed by atoms with van der Waals surface area (Å²) in [6.07, 6.45) is 0.